The summed E-state index contributed by atoms with van der Waals surface area (Å²) in [6.07, 6.45) is 4.84. The first-order valence-corrected chi connectivity index (χ1v) is 6.88. The van der Waals surface area contributed by atoms with Crippen LogP contribution in [-0.4, -0.2) is 36.6 Å². The van der Waals surface area contributed by atoms with Gasteiger partial charge in [-0.3, -0.25) is 0 Å². The molecular formula is C15H19N3O2. The minimum atomic E-state index is 0.607. The standard InChI is InChI=1S/C15H19N3O2/c1-19-14-4-2-3-13(7-14)18-10-15(9-17-18)20-11-12-5-6-16-8-12/h2-4,7,9-10,12,16H,5-6,8,11H2,1H3. The van der Waals surface area contributed by atoms with Crippen LogP contribution in [0.3, 0.4) is 0 Å². The lowest BCUT2D eigenvalue weighted by atomic mass is 10.1. The zero-order chi connectivity index (χ0) is 13.8. The molecule has 0 bridgehead atoms. The highest BCUT2D eigenvalue weighted by Crippen LogP contribution is 2.19. The second-order valence-corrected chi connectivity index (χ2v) is 4.99. The molecule has 1 unspecified atom stereocenters. The minimum Gasteiger partial charge on any atom is -0.497 e. The van der Waals surface area contributed by atoms with Gasteiger partial charge >= 0.3 is 0 Å². The molecule has 5 heteroatoms. The van der Waals surface area contributed by atoms with Crippen LogP contribution >= 0.6 is 0 Å². The fourth-order valence-electron chi connectivity index (χ4n) is 2.35. The van der Waals surface area contributed by atoms with Crippen LogP contribution in [0.4, 0.5) is 0 Å². The number of hydrogen-bond acceptors (Lipinski definition) is 4. The predicted molar refractivity (Wildman–Crippen MR) is 76.6 cm³/mol. The highest BCUT2D eigenvalue weighted by molar-refractivity contribution is 5.39. The van der Waals surface area contributed by atoms with Crippen LogP contribution in [0.1, 0.15) is 6.42 Å². The molecule has 1 N–H and O–H groups in total. The normalized spacial score (nSPS) is 18.1. The summed E-state index contributed by atoms with van der Waals surface area (Å²) in [6.45, 7) is 2.89. The van der Waals surface area contributed by atoms with E-state index in [1.54, 1.807) is 18.0 Å². The molecule has 0 saturated carbocycles. The van der Waals surface area contributed by atoms with Crippen molar-refractivity contribution in [3.8, 4) is 17.2 Å². The summed E-state index contributed by atoms with van der Waals surface area (Å²) in [5.41, 5.74) is 0.960. The maximum absolute atomic E-state index is 5.79. The zero-order valence-corrected chi connectivity index (χ0v) is 11.6. The molecule has 106 valence electrons. The molecule has 2 heterocycles. The van der Waals surface area contributed by atoms with Crippen LogP contribution in [0.25, 0.3) is 5.69 Å². The summed E-state index contributed by atoms with van der Waals surface area (Å²) in [4.78, 5) is 0. The molecule has 1 saturated heterocycles. The Morgan fingerprint density at radius 1 is 1.40 bits per heavy atom. The van der Waals surface area contributed by atoms with Gasteiger partial charge in [-0.15, -0.1) is 0 Å². The van der Waals surface area contributed by atoms with E-state index in [1.807, 2.05) is 30.5 Å². The van der Waals surface area contributed by atoms with Gasteiger partial charge in [-0.1, -0.05) is 6.07 Å². The third kappa shape index (κ3) is 2.93. The van der Waals surface area contributed by atoms with Gasteiger partial charge in [0.15, 0.2) is 5.75 Å². The van der Waals surface area contributed by atoms with Crippen molar-refractivity contribution in [3.63, 3.8) is 0 Å². The summed E-state index contributed by atoms with van der Waals surface area (Å²) in [5, 5.41) is 7.67. The molecule has 5 nitrogen and oxygen atoms in total. The average Bonchev–Trinajstić information content (AvgIpc) is 3.16. The minimum absolute atomic E-state index is 0.607. The molecular weight excluding hydrogens is 254 g/mol. The van der Waals surface area contributed by atoms with E-state index in [4.69, 9.17) is 9.47 Å². The number of ether oxygens (including phenoxy) is 2. The summed E-state index contributed by atoms with van der Waals surface area (Å²) < 4.78 is 12.8. The van der Waals surface area contributed by atoms with Crippen LogP contribution in [0, 0.1) is 5.92 Å². The lowest BCUT2D eigenvalue weighted by Gasteiger charge is -2.08. The number of benzene rings is 1. The Balaban J connectivity index is 1.66. The largest absolute Gasteiger partial charge is 0.497 e. The van der Waals surface area contributed by atoms with Crippen molar-refractivity contribution >= 4 is 0 Å². The first kappa shape index (κ1) is 13.0. The summed E-state index contributed by atoms with van der Waals surface area (Å²) >= 11 is 0. The Kier molecular flexibility index (Phi) is 3.87. The Morgan fingerprint density at radius 3 is 3.15 bits per heavy atom. The van der Waals surface area contributed by atoms with E-state index in [9.17, 15) is 0 Å². The van der Waals surface area contributed by atoms with E-state index in [0.29, 0.717) is 5.92 Å². The fourth-order valence-corrected chi connectivity index (χ4v) is 2.35. The van der Waals surface area contributed by atoms with Crippen molar-refractivity contribution in [2.45, 2.75) is 6.42 Å². The topological polar surface area (TPSA) is 48.3 Å². The van der Waals surface area contributed by atoms with Crippen LogP contribution in [0.15, 0.2) is 36.7 Å². The van der Waals surface area contributed by atoms with E-state index >= 15 is 0 Å². The van der Waals surface area contributed by atoms with Gasteiger partial charge < -0.3 is 14.8 Å². The Bertz CT molecular complexity index is 562. The molecule has 1 aliphatic rings. The molecule has 20 heavy (non-hydrogen) atoms. The van der Waals surface area contributed by atoms with Gasteiger partial charge in [0.2, 0.25) is 0 Å². The lowest BCUT2D eigenvalue weighted by Crippen LogP contribution is -2.15. The molecule has 1 aromatic heterocycles. The molecule has 3 rings (SSSR count). The number of nitrogens with one attached hydrogen (secondary N) is 1. The number of rotatable bonds is 5. The van der Waals surface area contributed by atoms with Crippen molar-refractivity contribution in [1.82, 2.24) is 15.1 Å². The highest BCUT2D eigenvalue weighted by atomic mass is 16.5. The zero-order valence-electron chi connectivity index (χ0n) is 11.6. The Hall–Kier alpha value is -2.01. The van der Waals surface area contributed by atoms with Gasteiger partial charge in [-0.25, -0.2) is 4.68 Å². The smallest absolute Gasteiger partial charge is 0.157 e. The molecule has 0 spiro atoms. The molecule has 0 radical (unpaired) electrons. The van der Waals surface area contributed by atoms with Crippen molar-refractivity contribution in [3.05, 3.63) is 36.7 Å². The van der Waals surface area contributed by atoms with Gasteiger partial charge in [0.05, 0.1) is 31.8 Å². The average molecular weight is 273 g/mol. The number of aromatic nitrogens is 2. The number of nitrogens with zero attached hydrogens (tertiary/aromatic N) is 2. The van der Waals surface area contributed by atoms with Gasteiger partial charge in [0, 0.05) is 18.5 Å². The van der Waals surface area contributed by atoms with Crippen molar-refractivity contribution in [2.75, 3.05) is 26.8 Å². The maximum Gasteiger partial charge on any atom is 0.157 e. The van der Waals surface area contributed by atoms with Gasteiger partial charge in [-0.05, 0) is 25.1 Å². The first-order chi connectivity index (χ1) is 9.85. The first-order valence-electron chi connectivity index (χ1n) is 6.88. The SMILES string of the molecule is COc1cccc(-n2cc(OCC3CCNC3)cn2)c1. The van der Waals surface area contributed by atoms with E-state index in [1.165, 1.54) is 6.42 Å². The summed E-state index contributed by atoms with van der Waals surface area (Å²) in [5.74, 6) is 2.23. The van der Waals surface area contributed by atoms with Crippen molar-refractivity contribution in [1.29, 1.82) is 0 Å². The van der Waals surface area contributed by atoms with Gasteiger partial charge in [0.1, 0.15) is 5.75 Å². The summed E-state index contributed by atoms with van der Waals surface area (Å²) in [7, 11) is 1.66. The predicted octanol–water partition coefficient (Wildman–Crippen LogP) is 1.87. The quantitative estimate of drug-likeness (QED) is 0.903. The van der Waals surface area contributed by atoms with Gasteiger partial charge in [-0.2, -0.15) is 5.10 Å². The van der Waals surface area contributed by atoms with Crippen LogP contribution in [-0.2, 0) is 0 Å². The van der Waals surface area contributed by atoms with E-state index in [-0.39, 0.29) is 0 Å². The van der Waals surface area contributed by atoms with Crippen LogP contribution in [0.2, 0.25) is 0 Å². The van der Waals surface area contributed by atoms with E-state index in [0.717, 1.165) is 36.9 Å². The molecule has 0 amide bonds. The van der Waals surface area contributed by atoms with Crippen LogP contribution < -0.4 is 14.8 Å². The van der Waals surface area contributed by atoms with Gasteiger partial charge in [0.25, 0.3) is 0 Å². The number of hydrogen-bond donors (Lipinski definition) is 1. The van der Waals surface area contributed by atoms with E-state index in [2.05, 4.69) is 10.4 Å². The Labute approximate surface area is 118 Å². The lowest BCUT2D eigenvalue weighted by molar-refractivity contribution is 0.260. The highest BCUT2D eigenvalue weighted by Gasteiger charge is 2.15. The molecule has 0 aliphatic carbocycles. The Morgan fingerprint density at radius 2 is 2.35 bits per heavy atom. The molecule has 1 aliphatic heterocycles. The van der Waals surface area contributed by atoms with E-state index < -0.39 is 0 Å². The monoisotopic (exact) mass is 273 g/mol. The second kappa shape index (κ2) is 5.96. The maximum atomic E-state index is 5.79. The molecule has 2 aromatic rings. The molecule has 1 atom stereocenters. The fraction of sp³-hybridized carbons (Fsp3) is 0.400. The number of methoxy groups -OCH3 is 1. The van der Waals surface area contributed by atoms with Crippen LogP contribution in [0.5, 0.6) is 11.5 Å². The molecule has 1 fully saturated rings. The van der Waals surface area contributed by atoms with Crippen molar-refractivity contribution in [2.24, 2.45) is 5.92 Å². The second-order valence-electron chi connectivity index (χ2n) is 4.99. The molecule has 1 aromatic carbocycles. The summed E-state index contributed by atoms with van der Waals surface area (Å²) in [6, 6.07) is 7.79. The van der Waals surface area contributed by atoms with Crippen molar-refractivity contribution < 1.29 is 9.47 Å². The third-order valence-electron chi connectivity index (χ3n) is 3.52. The third-order valence-corrected chi connectivity index (χ3v) is 3.52.